The molecule has 0 saturated heterocycles. The summed E-state index contributed by atoms with van der Waals surface area (Å²) in [6.07, 6.45) is 3.17. The number of hydrogen-bond donors (Lipinski definition) is 1. The SMILES string of the molecule is CC(C)CNCC1(CCS(=O)(=O)C(C)(C)C)CC1. The maximum absolute atomic E-state index is 12.1. The van der Waals surface area contributed by atoms with Gasteiger partial charge in [0.1, 0.15) is 0 Å². The zero-order valence-electron chi connectivity index (χ0n) is 12.5. The maximum Gasteiger partial charge on any atom is 0.155 e. The molecule has 1 fully saturated rings. The Hall–Kier alpha value is -0.0900. The molecule has 0 unspecified atom stereocenters. The molecule has 1 saturated carbocycles. The molecule has 1 aliphatic carbocycles. The van der Waals surface area contributed by atoms with Gasteiger partial charge in [0.15, 0.2) is 9.84 Å². The lowest BCUT2D eigenvalue weighted by atomic mass is 10.0. The fraction of sp³-hybridized carbons (Fsp3) is 1.00. The van der Waals surface area contributed by atoms with Crippen molar-refractivity contribution in [2.45, 2.75) is 58.6 Å². The molecule has 0 bridgehead atoms. The molecule has 0 radical (unpaired) electrons. The van der Waals surface area contributed by atoms with Crippen molar-refractivity contribution in [3.63, 3.8) is 0 Å². The van der Waals surface area contributed by atoms with Crippen molar-refractivity contribution in [2.24, 2.45) is 11.3 Å². The average molecular weight is 275 g/mol. The first-order chi connectivity index (χ1) is 8.08. The molecule has 3 nitrogen and oxygen atoms in total. The molecule has 108 valence electrons. The van der Waals surface area contributed by atoms with Crippen LogP contribution in [-0.4, -0.2) is 32.0 Å². The maximum atomic E-state index is 12.1. The summed E-state index contributed by atoms with van der Waals surface area (Å²) < 4.78 is 23.6. The van der Waals surface area contributed by atoms with Crippen LogP contribution in [0.2, 0.25) is 0 Å². The molecule has 0 amide bonds. The smallest absolute Gasteiger partial charge is 0.155 e. The second-order valence-electron chi connectivity index (χ2n) is 7.21. The lowest BCUT2D eigenvalue weighted by Crippen LogP contribution is -2.33. The zero-order valence-corrected chi connectivity index (χ0v) is 13.4. The molecular formula is C14H29NO2S. The summed E-state index contributed by atoms with van der Waals surface area (Å²) in [6.45, 7) is 11.8. The van der Waals surface area contributed by atoms with Crippen molar-refractivity contribution in [1.82, 2.24) is 5.32 Å². The highest BCUT2D eigenvalue weighted by Crippen LogP contribution is 2.48. The molecule has 0 aromatic carbocycles. The molecule has 0 heterocycles. The molecule has 18 heavy (non-hydrogen) atoms. The first-order valence-corrected chi connectivity index (χ1v) is 8.66. The second-order valence-corrected chi connectivity index (χ2v) is 10.1. The molecule has 0 aromatic heterocycles. The van der Waals surface area contributed by atoms with Gasteiger partial charge in [-0.25, -0.2) is 8.42 Å². The Bertz CT molecular complexity index is 362. The molecular weight excluding hydrogens is 246 g/mol. The standard InChI is InChI=1S/C14H29NO2S/c1-12(2)10-15-11-14(6-7-14)8-9-18(16,17)13(3,4)5/h12,15H,6-11H2,1-5H3. The Kier molecular flexibility index (Phi) is 4.87. The minimum absolute atomic E-state index is 0.271. The van der Waals surface area contributed by atoms with Crippen LogP contribution in [0.25, 0.3) is 0 Å². The van der Waals surface area contributed by atoms with Crippen LogP contribution in [0.3, 0.4) is 0 Å². The van der Waals surface area contributed by atoms with E-state index in [4.69, 9.17) is 0 Å². The van der Waals surface area contributed by atoms with Gasteiger partial charge in [-0.2, -0.15) is 0 Å². The lowest BCUT2D eigenvalue weighted by Gasteiger charge is -2.22. The van der Waals surface area contributed by atoms with Crippen molar-refractivity contribution in [3.8, 4) is 0 Å². The molecule has 1 N–H and O–H groups in total. The van der Waals surface area contributed by atoms with E-state index in [2.05, 4.69) is 19.2 Å². The Labute approximate surface area is 113 Å². The number of rotatable bonds is 7. The molecule has 0 aromatic rings. The van der Waals surface area contributed by atoms with Crippen LogP contribution in [0.15, 0.2) is 0 Å². The summed E-state index contributed by atoms with van der Waals surface area (Å²) in [4.78, 5) is 0. The lowest BCUT2D eigenvalue weighted by molar-refractivity contribution is 0.421. The van der Waals surface area contributed by atoms with Gasteiger partial charge in [-0.05, 0) is 57.9 Å². The molecule has 0 atom stereocenters. The monoisotopic (exact) mass is 275 g/mol. The van der Waals surface area contributed by atoms with Crippen LogP contribution < -0.4 is 5.32 Å². The van der Waals surface area contributed by atoms with E-state index >= 15 is 0 Å². The largest absolute Gasteiger partial charge is 0.316 e. The van der Waals surface area contributed by atoms with E-state index in [0.717, 1.165) is 19.5 Å². The summed E-state index contributed by atoms with van der Waals surface area (Å²) in [6, 6.07) is 0. The van der Waals surface area contributed by atoms with E-state index in [1.54, 1.807) is 20.8 Å². The van der Waals surface area contributed by atoms with E-state index in [1.165, 1.54) is 12.8 Å². The third-order valence-electron chi connectivity index (χ3n) is 3.84. The number of nitrogens with one attached hydrogen (secondary N) is 1. The zero-order chi connectivity index (χ0) is 14.0. The van der Waals surface area contributed by atoms with Crippen LogP contribution in [0.1, 0.15) is 53.9 Å². The van der Waals surface area contributed by atoms with Crippen LogP contribution in [0, 0.1) is 11.3 Å². The van der Waals surface area contributed by atoms with Gasteiger partial charge < -0.3 is 5.32 Å². The number of hydrogen-bond acceptors (Lipinski definition) is 3. The minimum atomic E-state index is -2.96. The molecule has 0 spiro atoms. The molecule has 1 aliphatic rings. The van der Waals surface area contributed by atoms with Crippen LogP contribution >= 0.6 is 0 Å². The van der Waals surface area contributed by atoms with E-state index in [-0.39, 0.29) is 5.41 Å². The van der Waals surface area contributed by atoms with E-state index in [1.807, 2.05) is 0 Å². The van der Waals surface area contributed by atoms with Crippen molar-refractivity contribution in [2.75, 3.05) is 18.8 Å². The minimum Gasteiger partial charge on any atom is -0.316 e. The van der Waals surface area contributed by atoms with Crippen molar-refractivity contribution < 1.29 is 8.42 Å². The van der Waals surface area contributed by atoms with Gasteiger partial charge in [-0.3, -0.25) is 0 Å². The Balaban J connectivity index is 2.39. The van der Waals surface area contributed by atoms with Gasteiger partial charge in [0, 0.05) is 6.54 Å². The Morgan fingerprint density at radius 1 is 1.22 bits per heavy atom. The quantitative estimate of drug-likeness (QED) is 0.777. The first kappa shape index (κ1) is 16.0. The molecule has 0 aliphatic heterocycles. The highest BCUT2D eigenvalue weighted by atomic mass is 32.2. The van der Waals surface area contributed by atoms with Crippen LogP contribution in [0.4, 0.5) is 0 Å². The van der Waals surface area contributed by atoms with Gasteiger partial charge in [-0.15, -0.1) is 0 Å². The number of sulfone groups is 1. The fourth-order valence-corrected chi connectivity index (χ4v) is 3.29. The van der Waals surface area contributed by atoms with Gasteiger partial charge in [0.05, 0.1) is 10.5 Å². The second kappa shape index (κ2) is 5.49. The van der Waals surface area contributed by atoms with Crippen molar-refractivity contribution in [3.05, 3.63) is 0 Å². The third kappa shape index (κ3) is 4.54. The third-order valence-corrected chi connectivity index (χ3v) is 6.45. The first-order valence-electron chi connectivity index (χ1n) is 7.01. The molecule has 4 heteroatoms. The fourth-order valence-electron chi connectivity index (χ4n) is 1.98. The van der Waals surface area contributed by atoms with Gasteiger partial charge >= 0.3 is 0 Å². The topological polar surface area (TPSA) is 46.2 Å². The average Bonchev–Trinajstić information content (AvgIpc) is 2.94. The molecule has 1 rings (SSSR count). The Morgan fingerprint density at radius 3 is 2.17 bits per heavy atom. The Morgan fingerprint density at radius 2 is 1.78 bits per heavy atom. The van der Waals surface area contributed by atoms with Crippen molar-refractivity contribution >= 4 is 9.84 Å². The summed E-state index contributed by atoms with van der Waals surface area (Å²) in [5.41, 5.74) is 0.271. The normalized spacial score (nSPS) is 19.2. The highest BCUT2D eigenvalue weighted by molar-refractivity contribution is 7.92. The predicted octanol–water partition coefficient (Wildman–Crippen LogP) is 2.62. The van der Waals surface area contributed by atoms with E-state index in [9.17, 15) is 8.42 Å². The summed E-state index contributed by atoms with van der Waals surface area (Å²) in [5.74, 6) is 0.985. The van der Waals surface area contributed by atoms with Gasteiger partial charge in [0.2, 0.25) is 0 Å². The highest BCUT2D eigenvalue weighted by Gasteiger charge is 2.43. The van der Waals surface area contributed by atoms with Gasteiger partial charge in [0.25, 0.3) is 0 Å². The predicted molar refractivity (Wildman–Crippen MR) is 77.5 cm³/mol. The van der Waals surface area contributed by atoms with E-state index < -0.39 is 14.6 Å². The van der Waals surface area contributed by atoms with Crippen LogP contribution in [-0.2, 0) is 9.84 Å². The van der Waals surface area contributed by atoms with Crippen molar-refractivity contribution in [1.29, 1.82) is 0 Å². The van der Waals surface area contributed by atoms with E-state index in [0.29, 0.717) is 11.7 Å². The van der Waals surface area contributed by atoms with Crippen LogP contribution in [0.5, 0.6) is 0 Å². The summed E-state index contributed by atoms with van der Waals surface area (Å²) in [5, 5.41) is 3.47. The summed E-state index contributed by atoms with van der Waals surface area (Å²) >= 11 is 0. The summed E-state index contributed by atoms with van der Waals surface area (Å²) in [7, 11) is -2.96. The van der Waals surface area contributed by atoms with Gasteiger partial charge in [-0.1, -0.05) is 13.8 Å².